The van der Waals surface area contributed by atoms with Crippen LogP contribution in [-0.4, -0.2) is 31.2 Å². The van der Waals surface area contributed by atoms with Crippen molar-refractivity contribution >= 4 is 0 Å². The number of hydrogen-bond donors (Lipinski definition) is 0. The smallest absolute Gasteiger partial charge is 0.377 e. The zero-order valence-corrected chi connectivity index (χ0v) is 7.96. The second-order valence-corrected chi connectivity index (χ2v) is 2.91. The first-order chi connectivity index (χ1) is 7.06. The van der Waals surface area contributed by atoms with Crippen molar-refractivity contribution < 1.29 is 35.5 Å². The van der Waals surface area contributed by atoms with E-state index in [2.05, 4.69) is 11.3 Å². The molecule has 1 nitrogen and oxygen atoms in total. The van der Waals surface area contributed by atoms with Gasteiger partial charge in [-0.3, -0.25) is 0 Å². The molecule has 0 atom stereocenters. The van der Waals surface area contributed by atoms with Gasteiger partial charge in [0.15, 0.2) is 0 Å². The highest BCUT2D eigenvalue weighted by Gasteiger charge is 2.71. The van der Waals surface area contributed by atoms with Gasteiger partial charge in [-0.1, -0.05) is 6.08 Å². The van der Waals surface area contributed by atoms with Gasteiger partial charge in [-0.2, -0.15) is 26.3 Å². The van der Waals surface area contributed by atoms with Gasteiger partial charge in [0.1, 0.15) is 0 Å². The molecule has 16 heavy (non-hydrogen) atoms. The number of hydrogen-bond acceptors (Lipinski definition) is 1. The number of alkyl halides is 7. The summed E-state index contributed by atoms with van der Waals surface area (Å²) in [5.41, 5.74) is -5.23. The normalized spacial score (nSPS) is 13.9. The predicted octanol–water partition coefficient (Wildman–Crippen LogP) is 3.41. The third kappa shape index (κ3) is 3.36. The van der Waals surface area contributed by atoms with E-state index in [-0.39, 0.29) is 6.61 Å². The summed E-state index contributed by atoms with van der Waals surface area (Å²) >= 11 is 0. The summed E-state index contributed by atoms with van der Waals surface area (Å²) in [5, 5.41) is 0. The van der Waals surface area contributed by atoms with Gasteiger partial charge in [-0.15, -0.1) is 6.58 Å². The minimum absolute atomic E-state index is 0.244. The molecule has 0 saturated heterocycles. The molecule has 8 heteroatoms. The third-order valence-electron chi connectivity index (χ3n) is 1.73. The highest BCUT2D eigenvalue weighted by molar-refractivity contribution is 4.94. The first kappa shape index (κ1) is 15.2. The van der Waals surface area contributed by atoms with Crippen molar-refractivity contribution in [2.45, 2.75) is 24.4 Å². The summed E-state index contributed by atoms with van der Waals surface area (Å²) in [7, 11) is 0. The lowest BCUT2D eigenvalue weighted by molar-refractivity contribution is -0.344. The van der Waals surface area contributed by atoms with Crippen molar-refractivity contribution in [1.29, 1.82) is 0 Å². The topological polar surface area (TPSA) is 9.23 Å². The van der Waals surface area contributed by atoms with Crippen LogP contribution in [0.25, 0.3) is 0 Å². The molecule has 0 fully saturated rings. The molecule has 0 bridgehead atoms. The Kier molecular flexibility index (Phi) is 4.78. The van der Waals surface area contributed by atoms with Crippen LogP contribution in [0.15, 0.2) is 12.7 Å². The number of rotatable bonds is 5. The summed E-state index contributed by atoms with van der Waals surface area (Å²) in [6, 6.07) is 0. The Bertz CT molecular complexity index is 216. The van der Waals surface area contributed by atoms with Crippen LogP contribution in [0, 0.1) is 0 Å². The molecule has 0 N–H and O–H groups in total. The van der Waals surface area contributed by atoms with Crippen molar-refractivity contribution in [2.24, 2.45) is 0 Å². The van der Waals surface area contributed by atoms with Crippen molar-refractivity contribution in [2.75, 3.05) is 13.2 Å². The molecule has 0 rings (SSSR count). The van der Waals surface area contributed by atoms with Gasteiger partial charge in [-0.25, -0.2) is 4.39 Å². The summed E-state index contributed by atoms with van der Waals surface area (Å²) in [6.45, 7) is 1.89. The van der Waals surface area contributed by atoms with E-state index in [1.54, 1.807) is 0 Å². The number of ether oxygens (including phenoxy) is 1. The molecule has 0 aromatic carbocycles. The summed E-state index contributed by atoms with van der Waals surface area (Å²) in [4.78, 5) is 0. The Morgan fingerprint density at radius 1 is 0.938 bits per heavy atom. The van der Waals surface area contributed by atoms with Crippen molar-refractivity contribution in [3.05, 3.63) is 12.7 Å². The molecule has 0 aromatic heterocycles. The highest BCUT2D eigenvalue weighted by atomic mass is 19.4. The molecule has 0 aromatic rings. The van der Waals surface area contributed by atoms with Crippen LogP contribution < -0.4 is 0 Å². The van der Waals surface area contributed by atoms with Crippen LogP contribution in [0.3, 0.4) is 0 Å². The van der Waals surface area contributed by atoms with Crippen LogP contribution in [-0.2, 0) is 4.74 Å². The fourth-order valence-electron chi connectivity index (χ4n) is 0.824. The van der Waals surface area contributed by atoms with Crippen molar-refractivity contribution in [1.82, 2.24) is 0 Å². The van der Waals surface area contributed by atoms with E-state index >= 15 is 0 Å². The fourth-order valence-corrected chi connectivity index (χ4v) is 0.824. The van der Waals surface area contributed by atoms with Crippen LogP contribution in [0.5, 0.6) is 0 Å². The molecule has 96 valence electrons. The Balaban J connectivity index is 4.64. The van der Waals surface area contributed by atoms with Crippen LogP contribution in [0.1, 0.15) is 6.42 Å². The Hall–Kier alpha value is -0.790. The van der Waals surface area contributed by atoms with E-state index < -0.39 is 31.0 Å². The lowest BCUT2D eigenvalue weighted by Gasteiger charge is -2.29. The second-order valence-electron chi connectivity index (χ2n) is 2.91. The van der Waals surface area contributed by atoms with E-state index in [9.17, 15) is 30.7 Å². The molecule has 0 heterocycles. The first-order valence-corrected chi connectivity index (χ1v) is 4.07. The van der Waals surface area contributed by atoms with Crippen LogP contribution >= 0.6 is 0 Å². The quantitative estimate of drug-likeness (QED) is 0.415. The molecule has 0 spiro atoms. The molecule has 0 aliphatic rings. The minimum Gasteiger partial charge on any atom is -0.377 e. The maximum Gasteiger partial charge on any atom is 0.431 e. The van der Waals surface area contributed by atoms with Gasteiger partial charge in [0.05, 0.1) is 13.2 Å². The summed E-state index contributed by atoms with van der Waals surface area (Å²) in [5.74, 6) is 0. The molecule has 0 amide bonds. The molecular formula is C8H9F7O. The lowest BCUT2D eigenvalue weighted by Crippen LogP contribution is -2.53. The Morgan fingerprint density at radius 2 is 1.38 bits per heavy atom. The average Bonchev–Trinajstić information content (AvgIpc) is 2.08. The molecule has 0 saturated carbocycles. The predicted molar refractivity (Wildman–Crippen MR) is 41.6 cm³/mol. The zero-order chi connectivity index (χ0) is 13.0. The van der Waals surface area contributed by atoms with Crippen LogP contribution in [0.4, 0.5) is 30.7 Å². The van der Waals surface area contributed by atoms with Gasteiger partial charge in [0, 0.05) is 6.42 Å². The van der Waals surface area contributed by atoms with E-state index in [0.29, 0.717) is 0 Å². The summed E-state index contributed by atoms with van der Waals surface area (Å²) in [6.07, 6.45) is -12.7. The summed E-state index contributed by atoms with van der Waals surface area (Å²) < 4.78 is 88.8. The van der Waals surface area contributed by atoms with Crippen molar-refractivity contribution in [3.63, 3.8) is 0 Å². The van der Waals surface area contributed by atoms with Gasteiger partial charge < -0.3 is 4.74 Å². The van der Waals surface area contributed by atoms with Crippen LogP contribution in [0.2, 0.25) is 0 Å². The standard InChI is InChI=1S/C8H9F7O/c1-2-4-16-5-3-6(9,7(10,11)12)8(13,14)15/h2H,1,3-5H2. The van der Waals surface area contributed by atoms with E-state index in [1.807, 2.05) is 0 Å². The van der Waals surface area contributed by atoms with Gasteiger partial charge in [0.2, 0.25) is 0 Å². The molecule has 0 aliphatic heterocycles. The lowest BCUT2D eigenvalue weighted by atomic mass is 10.0. The molecule has 0 radical (unpaired) electrons. The van der Waals surface area contributed by atoms with Gasteiger partial charge in [0.25, 0.3) is 0 Å². The Labute approximate surface area is 86.9 Å². The zero-order valence-electron chi connectivity index (χ0n) is 7.96. The first-order valence-electron chi connectivity index (χ1n) is 4.07. The maximum absolute atomic E-state index is 12.9. The monoisotopic (exact) mass is 254 g/mol. The molecule has 0 unspecified atom stereocenters. The average molecular weight is 254 g/mol. The number of halogens is 7. The fraction of sp³-hybridized carbons (Fsp3) is 0.750. The SMILES string of the molecule is C=CCOCCC(F)(C(F)(F)F)C(F)(F)F. The highest BCUT2D eigenvalue weighted by Crippen LogP contribution is 2.48. The molecule has 0 aliphatic carbocycles. The second kappa shape index (κ2) is 5.03. The minimum atomic E-state index is -6.01. The van der Waals surface area contributed by atoms with Crippen molar-refractivity contribution in [3.8, 4) is 0 Å². The van der Waals surface area contributed by atoms with Gasteiger partial charge in [-0.05, 0) is 0 Å². The largest absolute Gasteiger partial charge is 0.431 e. The van der Waals surface area contributed by atoms with E-state index in [1.165, 1.54) is 0 Å². The van der Waals surface area contributed by atoms with E-state index in [4.69, 9.17) is 0 Å². The van der Waals surface area contributed by atoms with E-state index in [0.717, 1.165) is 6.08 Å². The van der Waals surface area contributed by atoms with Gasteiger partial charge >= 0.3 is 18.0 Å². The third-order valence-corrected chi connectivity index (χ3v) is 1.73. The maximum atomic E-state index is 12.9. The Morgan fingerprint density at radius 3 is 1.69 bits per heavy atom. The molecular weight excluding hydrogens is 245 g/mol.